The van der Waals surface area contributed by atoms with E-state index in [2.05, 4.69) is 0 Å². The Morgan fingerprint density at radius 3 is 2.75 bits per heavy atom. The number of rotatable bonds is 4. The van der Waals surface area contributed by atoms with E-state index in [1.807, 2.05) is 0 Å². The highest BCUT2D eigenvalue weighted by atomic mass is 32.2. The van der Waals surface area contributed by atoms with E-state index in [1.54, 1.807) is 0 Å². The summed E-state index contributed by atoms with van der Waals surface area (Å²) in [5, 5.41) is 18.3. The van der Waals surface area contributed by atoms with Crippen molar-refractivity contribution >= 4 is 40.8 Å². The normalized spacial score (nSPS) is 17.0. The van der Waals surface area contributed by atoms with E-state index in [-0.39, 0.29) is 10.7 Å². The highest BCUT2D eigenvalue weighted by Crippen LogP contribution is 2.32. The second kappa shape index (κ2) is 5.17. The van der Waals surface area contributed by atoms with Gasteiger partial charge in [0.25, 0.3) is 11.1 Å². The number of imide groups is 1. The molecule has 0 aromatic carbocycles. The summed E-state index contributed by atoms with van der Waals surface area (Å²) in [6.07, 6.45) is 1.15. The molecule has 0 saturated carbocycles. The van der Waals surface area contributed by atoms with Crippen molar-refractivity contribution in [1.29, 1.82) is 0 Å². The van der Waals surface area contributed by atoms with Crippen molar-refractivity contribution in [2.45, 2.75) is 0 Å². The van der Waals surface area contributed by atoms with Crippen molar-refractivity contribution < 1.29 is 28.8 Å². The minimum atomic E-state index is -1.32. The zero-order valence-electron chi connectivity index (χ0n) is 9.64. The second-order valence-electron chi connectivity index (χ2n) is 3.59. The molecular weight excluding hydrogens is 292 g/mol. The number of carbonyl (C=O) groups excluding carboxylic acids is 2. The number of aliphatic carboxylic acids is 1. The lowest BCUT2D eigenvalue weighted by Crippen LogP contribution is -2.33. The van der Waals surface area contributed by atoms with E-state index in [0.717, 1.165) is 12.1 Å². The van der Waals surface area contributed by atoms with Gasteiger partial charge in [-0.05, 0) is 17.8 Å². The van der Waals surface area contributed by atoms with Crippen LogP contribution in [0.2, 0.25) is 0 Å². The largest absolute Gasteiger partial charge is 0.480 e. The van der Waals surface area contributed by atoms with Crippen molar-refractivity contribution in [2.75, 3.05) is 6.54 Å². The maximum absolute atomic E-state index is 11.8. The number of carboxylic acid groups (broad SMARTS) is 1. The lowest BCUT2D eigenvalue weighted by Gasteiger charge is -2.07. The maximum Gasteiger partial charge on any atom is 0.433 e. The summed E-state index contributed by atoms with van der Waals surface area (Å²) in [7, 11) is 0. The van der Waals surface area contributed by atoms with Gasteiger partial charge in [-0.25, -0.2) is 0 Å². The third-order valence-electron chi connectivity index (χ3n) is 2.23. The molecule has 0 atom stereocenters. The van der Waals surface area contributed by atoms with E-state index in [4.69, 9.17) is 9.52 Å². The minimum absolute atomic E-state index is 0.0255. The summed E-state index contributed by atoms with van der Waals surface area (Å²) in [6, 6.07) is 2.37. The predicted octanol–water partition coefficient (Wildman–Crippen LogP) is 1.31. The summed E-state index contributed by atoms with van der Waals surface area (Å²) in [4.78, 5) is 44.0. The number of amides is 2. The first kappa shape index (κ1) is 13.8. The fourth-order valence-corrected chi connectivity index (χ4v) is 2.24. The summed E-state index contributed by atoms with van der Waals surface area (Å²) >= 11 is 0.542. The van der Waals surface area contributed by atoms with E-state index >= 15 is 0 Å². The summed E-state index contributed by atoms with van der Waals surface area (Å²) in [5.41, 5.74) is 0. The molecule has 0 bridgehead atoms. The predicted molar refractivity (Wildman–Crippen MR) is 65.7 cm³/mol. The molecule has 2 heterocycles. The molecule has 0 unspecified atom stereocenters. The van der Waals surface area contributed by atoms with Crippen LogP contribution in [-0.2, 0) is 9.59 Å². The number of hydrogen-bond donors (Lipinski definition) is 1. The topological polar surface area (TPSA) is 131 Å². The third-order valence-corrected chi connectivity index (χ3v) is 3.14. The second-order valence-corrected chi connectivity index (χ2v) is 4.59. The van der Waals surface area contributed by atoms with Gasteiger partial charge in [0.1, 0.15) is 17.2 Å². The zero-order valence-corrected chi connectivity index (χ0v) is 10.5. The van der Waals surface area contributed by atoms with Crippen LogP contribution in [0, 0.1) is 10.1 Å². The molecule has 20 heavy (non-hydrogen) atoms. The average molecular weight is 298 g/mol. The number of thioether (sulfide) groups is 1. The summed E-state index contributed by atoms with van der Waals surface area (Å²) in [6.45, 7) is -0.736. The Balaban J connectivity index is 2.22. The number of furan rings is 1. The average Bonchev–Trinajstić information content (AvgIpc) is 2.91. The van der Waals surface area contributed by atoms with Crippen LogP contribution >= 0.6 is 11.8 Å². The van der Waals surface area contributed by atoms with Gasteiger partial charge in [-0.3, -0.25) is 29.4 Å². The first-order valence-corrected chi connectivity index (χ1v) is 5.91. The molecule has 9 nitrogen and oxygen atoms in total. The van der Waals surface area contributed by atoms with Crippen LogP contribution in [0.4, 0.5) is 10.7 Å². The van der Waals surface area contributed by atoms with Crippen molar-refractivity contribution in [3.63, 3.8) is 0 Å². The smallest absolute Gasteiger partial charge is 0.433 e. The minimum Gasteiger partial charge on any atom is -0.480 e. The third kappa shape index (κ3) is 2.69. The van der Waals surface area contributed by atoms with Gasteiger partial charge in [0, 0.05) is 6.08 Å². The first-order valence-electron chi connectivity index (χ1n) is 5.10. The van der Waals surface area contributed by atoms with Gasteiger partial charge >= 0.3 is 11.9 Å². The Labute approximate surface area is 115 Å². The molecule has 1 aromatic rings. The van der Waals surface area contributed by atoms with Crippen LogP contribution < -0.4 is 0 Å². The Bertz CT molecular complexity index is 648. The molecule has 10 heteroatoms. The Morgan fingerprint density at radius 1 is 1.50 bits per heavy atom. The van der Waals surface area contributed by atoms with E-state index in [9.17, 15) is 24.5 Å². The zero-order chi connectivity index (χ0) is 14.9. The standard InChI is InChI=1S/C10H6N2O7S/c13-8(14)4-11-9(15)6(20-10(11)16)3-5-1-2-7(19-5)12(17)18/h1-3H,4H2,(H,13,14)/b6-3+. The van der Waals surface area contributed by atoms with Gasteiger partial charge < -0.3 is 9.52 Å². The van der Waals surface area contributed by atoms with E-state index in [0.29, 0.717) is 16.7 Å². The Hall–Kier alpha value is -2.62. The van der Waals surface area contributed by atoms with Gasteiger partial charge in [-0.2, -0.15) is 0 Å². The maximum atomic E-state index is 11.8. The van der Waals surface area contributed by atoms with Crippen molar-refractivity contribution in [3.05, 3.63) is 32.9 Å². The molecule has 1 saturated heterocycles. The Kier molecular flexibility index (Phi) is 3.57. The van der Waals surface area contributed by atoms with Gasteiger partial charge in [-0.15, -0.1) is 0 Å². The molecule has 1 aromatic heterocycles. The molecule has 2 rings (SSSR count). The number of hydrogen-bond acceptors (Lipinski definition) is 7. The highest BCUT2D eigenvalue weighted by molar-refractivity contribution is 8.18. The van der Waals surface area contributed by atoms with Crippen molar-refractivity contribution in [3.8, 4) is 0 Å². The number of nitro groups is 1. The molecule has 1 N–H and O–H groups in total. The molecule has 1 aliphatic rings. The molecule has 104 valence electrons. The molecule has 0 aliphatic carbocycles. The first-order chi connectivity index (χ1) is 9.38. The summed E-state index contributed by atoms with van der Waals surface area (Å²) < 4.78 is 4.82. The molecule has 2 amide bonds. The van der Waals surface area contributed by atoms with Gasteiger partial charge in [0.15, 0.2) is 0 Å². The fourth-order valence-electron chi connectivity index (χ4n) is 1.42. The molecule has 1 aliphatic heterocycles. The fraction of sp³-hybridized carbons (Fsp3) is 0.100. The van der Waals surface area contributed by atoms with Crippen LogP contribution in [-0.4, -0.2) is 38.6 Å². The molecule has 0 spiro atoms. The van der Waals surface area contributed by atoms with E-state index < -0.39 is 34.5 Å². The number of carboxylic acids is 1. The SMILES string of the molecule is O=C(O)CN1C(=O)S/C(=C/c2ccc([N+](=O)[O-])o2)C1=O. The quantitative estimate of drug-likeness (QED) is 0.500. The van der Waals surface area contributed by atoms with Crippen LogP contribution in [0.3, 0.4) is 0 Å². The number of carbonyl (C=O) groups is 3. The van der Waals surface area contributed by atoms with Gasteiger partial charge in [-0.1, -0.05) is 0 Å². The lowest BCUT2D eigenvalue weighted by molar-refractivity contribution is -0.402. The molecule has 1 fully saturated rings. The molecular formula is C10H6N2O7S. The lowest BCUT2D eigenvalue weighted by atomic mass is 10.3. The van der Waals surface area contributed by atoms with Gasteiger partial charge in [0.05, 0.1) is 11.0 Å². The van der Waals surface area contributed by atoms with Crippen LogP contribution in [0.25, 0.3) is 6.08 Å². The summed E-state index contributed by atoms with van der Waals surface area (Å²) in [5.74, 6) is -2.57. The highest BCUT2D eigenvalue weighted by Gasteiger charge is 2.36. The molecule has 0 radical (unpaired) electrons. The van der Waals surface area contributed by atoms with Crippen LogP contribution in [0.15, 0.2) is 21.5 Å². The Morgan fingerprint density at radius 2 is 2.20 bits per heavy atom. The van der Waals surface area contributed by atoms with Crippen LogP contribution in [0.5, 0.6) is 0 Å². The number of nitrogens with zero attached hydrogens (tertiary/aromatic N) is 2. The van der Waals surface area contributed by atoms with Gasteiger partial charge in [0.2, 0.25) is 0 Å². The van der Waals surface area contributed by atoms with Crippen LogP contribution in [0.1, 0.15) is 5.76 Å². The monoisotopic (exact) mass is 298 g/mol. The van der Waals surface area contributed by atoms with Crippen molar-refractivity contribution in [2.24, 2.45) is 0 Å². The van der Waals surface area contributed by atoms with Crippen molar-refractivity contribution in [1.82, 2.24) is 4.90 Å². The van der Waals surface area contributed by atoms with E-state index in [1.165, 1.54) is 6.07 Å².